The standard InChI is InChI=1S/C11H17NO2.ClH/c1-8-3-9(5-10(12)7-13)6-11(4-8)14-2;/h3-4,6,10,13H,5,7,12H2,1-2H3;1H. The van der Waals surface area contributed by atoms with E-state index in [2.05, 4.69) is 6.07 Å². The molecule has 0 heterocycles. The summed E-state index contributed by atoms with van der Waals surface area (Å²) in [6.45, 7) is 2.02. The van der Waals surface area contributed by atoms with E-state index < -0.39 is 0 Å². The fourth-order valence-corrected chi connectivity index (χ4v) is 1.43. The highest BCUT2D eigenvalue weighted by Crippen LogP contribution is 2.17. The van der Waals surface area contributed by atoms with Gasteiger partial charge in [0.2, 0.25) is 0 Å². The van der Waals surface area contributed by atoms with Crippen molar-refractivity contribution in [3.05, 3.63) is 29.3 Å². The van der Waals surface area contributed by atoms with Gasteiger partial charge in [-0.1, -0.05) is 6.07 Å². The first kappa shape index (κ1) is 14.2. The number of halogens is 1. The van der Waals surface area contributed by atoms with E-state index in [0.29, 0.717) is 6.42 Å². The van der Waals surface area contributed by atoms with Gasteiger partial charge < -0.3 is 15.6 Å². The Morgan fingerprint density at radius 2 is 2.07 bits per heavy atom. The molecule has 0 radical (unpaired) electrons. The zero-order valence-corrected chi connectivity index (χ0v) is 9.88. The van der Waals surface area contributed by atoms with E-state index in [-0.39, 0.29) is 25.1 Å². The summed E-state index contributed by atoms with van der Waals surface area (Å²) >= 11 is 0. The molecule has 0 aromatic heterocycles. The summed E-state index contributed by atoms with van der Waals surface area (Å²) in [7, 11) is 1.64. The maximum atomic E-state index is 8.84. The van der Waals surface area contributed by atoms with Gasteiger partial charge in [0.1, 0.15) is 5.75 Å². The maximum Gasteiger partial charge on any atom is 0.119 e. The van der Waals surface area contributed by atoms with E-state index in [1.807, 2.05) is 19.1 Å². The van der Waals surface area contributed by atoms with Crippen molar-refractivity contribution in [2.24, 2.45) is 5.73 Å². The Balaban J connectivity index is 0.00000196. The van der Waals surface area contributed by atoms with Gasteiger partial charge in [0, 0.05) is 6.04 Å². The monoisotopic (exact) mass is 231 g/mol. The third-order valence-electron chi connectivity index (χ3n) is 2.08. The zero-order chi connectivity index (χ0) is 10.6. The Labute approximate surface area is 96.7 Å². The molecule has 0 aliphatic rings. The highest BCUT2D eigenvalue weighted by atomic mass is 35.5. The molecule has 0 spiro atoms. The summed E-state index contributed by atoms with van der Waals surface area (Å²) in [5.41, 5.74) is 7.90. The molecule has 3 nitrogen and oxygen atoms in total. The van der Waals surface area contributed by atoms with Gasteiger partial charge in [-0.25, -0.2) is 0 Å². The molecular formula is C11H18ClNO2. The number of rotatable bonds is 4. The minimum Gasteiger partial charge on any atom is -0.497 e. The molecule has 1 aromatic carbocycles. The van der Waals surface area contributed by atoms with Crippen molar-refractivity contribution in [2.45, 2.75) is 19.4 Å². The predicted octanol–water partition coefficient (Wildman–Crippen LogP) is 1.29. The van der Waals surface area contributed by atoms with Crippen LogP contribution in [0, 0.1) is 6.92 Å². The van der Waals surface area contributed by atoms with E-state index in [4.69, 9.17) is 15.6 Å². The number of nitrogens with two attached hydrogens (primary N) is 1. The van der Waals surface area contributed by atoms with Crippen LogP contribution in [0.15, 0.2) is 18.2 Å². The summed E-state index contributed by atoms with van der Waals surface area (Å²) in [4.78, 5) is 0. The first-order valence-corrected chi connectivity index (χ1v) is 4.66. The van der Waals surface area contributed by atoms with Crippen LogP contribution in [0.3, 0.4) is 0 Å². The average Bonchev–Trinajstić information content (AvgIpc) is 2.16. The van der Waals surface area contributed by atoms with Crippen molar-refractivity contribution < 1.29 is 9.84 Å². The summed E-state index contributed by atoms with van der Waals surface area (Å²) in [5.74, 6) is 0.838. The van der Waals surface area contributed by atoms with Crippen molar-refractivity contribution in [3.63, 3.8) is 0 Å². The molecule has 1 rings (SSSR count). The lowest BCUT2D eigenvalue weighted by Crippen LogP contribution is -2.26. The number of hydrogen-bond acceptors (Lipinski definition) is 3. The summed E-state index contributed by atoms with van der Waals surface area (Å²) in [6.07, 6.45) is 0.675. The molecule has 3 N–H and O–H groups in total. The van der Waals surface area contributed by atoms with Crippen molar-refractivity contribution in [2.75, 3.05) is 13.7 Å². The minimum absolute atomic E-state index is 0. The summed E-state index contributed by atoms with van der Waals surface area (Å²) in [5, 5.41) is 8.84. The summed E-state index contributed by atoms with van der Waals surface area (Å²) in [6, 6.07) is 5.77. The molecule has 1 unspecified atom stereocenters. The lowest BCUT2D eigenvalue weighted by Gasteiger charge is -2.10. The number of aryl methyl sites for hydroxylation is 1. The van der Waals surface area contributed by atoms with E-state index in [9.17, 15) is 0 Å². The van der Waals surface area contributed by atoms with Gasteiger partial charge in [0.25, 0.3) is 0 Å². The molecule has 1 atom stereocenters. The van der Waals surface area contributed by atoms with Crippen molar-refractivity contribution >= 4 is 12.4 Å². The fourth-order valence-electron chi connectivity index (χ4n) is 1.43. The number of methoxy groups -OCH3 is 1. The van der Waals surface area contributed by atoms with E-state index in [0.717, 1.165) is 16.9 Å². The second-order valence-electron chi connectivity index (χ2n) is 3.51. The van der Waals surface area contributed by atoms with E-state index in [1.165, 1.54) is 0 Å². The highest BCUT2D eigenvalue weighted by Gasteiger charge is 2.04. The number of aliphatic hydroxyl groups excluding tert-OH is 1. The number of hydrogen-bond donors (Lipinski definition) is 2. The molecular weight excluding hydrogens is 214 g/mol. The first-order valence-electron chi connectivity index (χ1n) is 4.66. The van der Waals surface area contributed by atoms with Gasteiger partial charge in [-0.2, -0.15) is 0 Å². The third-order valence-corrected chi connectivity index (χ3v) is 2.08. The molecule has 0 amide bonds. The normalized spacial score (nSPS) is 11.7. The van der Waals surface area contributed by atoms with E-state index >= 15 is 0 Å². The van der Waals surface area contributed by atoms with Gasteiger partial charge >= 0.3 is 0 Å². The number of benzene rings is 1. The number of ether oxygens (including phenoxy) is 1. The molecule has 0 fully saturated rings. The van der Waals surface area contributed by atoms with Crippen LogP contribution in [0.4, 0.5) is 0 Å². The van der Waals surface area contributed by atoms with Crippen LogP contribution in [0.2, 0.25) is 0 Å². The Bertz CT molecular complexity index is 305. The Kier molecular flexibility index (Phi) is 6.32. The van der Waals surface area contributed by atoms with Gasteiger partial charge in [-0.3, -0.25) is 0 Å². The predicted molar refractivity (Wildman–Crippen MR) is 63.7 cm³/mol. The van der Waals surface area contributed by atoms with E-state index in [1.54, 1.807) is 7.11 Å². The fraction of sp³-hybridized carbons (Fsp3) is 0.455. The van der Waals surface area contributed by atoms with Crippen LogP contribution in [-0.4, -0.2) is 24.9 Å². The molecule has 86 valence electrons. The molecule has 0 saturated heterocycles. The van der Waals surface area contributed by atoms with Gasteiger partial charge in [-0.05, 0) is 36.6 Å². The Morgan fingerprint density at radius 1 is 1.40 bits per heavy atom. The molecule has 1 aromatic rings. The molecule has 0 saturated carbocycles. The van der Waals surface area contributed by atoms with Gasteiger partial charge in [0.05, 0.1) is 13.7 Å². The molecule has 15 heavy (non-hydrogen) atoms. The Hall–Kier alpha value is -0.770. The van der Waals surface area contributed by atoms with Crippen molar-refractivity contribution in [1.82, 2.24) is 0 Å². The summed E-state index contributed by atoms with van der Waals surface area (Å²) < 4.78 is 5.15. The smallest absolute Gasteiger partial charge is 0.119 e. The van der Waals surface area contributed by atoms with Crippen molar-refractivity contribution in [1.29, 1.82) is 0 Å². The molecule has 0 bridgehead atoms. The van der Waals surface area contributed by atoms with Gasteiger partial charge in [-0.15, -0.1) is 12.4 Å². The van der Waals surface area contributed by atoms with Crippen LogP contribution in [0.1, 0.15) is 11.1 Å². The highest BCUT2D eigenvalue weighted by molar-refractivity contribution is 5.85. The van der Waals surface area contributed by atoms with Crippen molar-refractivity contribution in [3.8, 4) is 5.75 Å². The van der Waals surface area contributed by atoms with Crippen LogP contribution >= 0.6 is 12.4 Å². The zero-order valence-electron chi connectivity index (χ0n) is 9.06. The Morgan fingerprint density at radius 3 is 2.60 bits per heavy atom. The quantitative estimate of drug-likeness (QED) is 0.821. The second-order valence-corrected chi connectivity index (χ2v) is 3.51. The SMILES string of the molecule is COc1cc(C)cc(CC(N)CO)c1.Cl. The third kappa shape index (κ3) is 4.51. The number of aliphatic hydroxyl groups is 1. The van der Waals surface area contributed by atoms with Crippen LogP contribution in [0.25, 0.3) is 0 Å². The second kappa shape index (κ2) is 6.67. The van der Waals surface area contributed by atoms with Crippen LogP contribution in [0.5, 0.6) is 5.75 Å². The lowest BCUT2D eigenvalue weighted by atomic mass is 10.0. The first-order chi connectivity index (χ1) is 6.65. The minimum atomic E-state index is -0.193. The van der Waals surface area contributed by atoms with Crippen LogP contribution in [-0.2, 0) is 6.42 Å². The van der Waals surface area contributed by atoms with Gasteiger partial charge in [0.15, 0.2) is 0 Å². The topological polar surface area (TPSA) is 55.5 Å². The largest absolute Gasteiger partial charge is 0.497 e. The molecule has 0 aliphatic heterocycles. The lowest BCUT2D eigenvalue weighted by molar-refractivity contribution is 0.265. The van der Waals surface area contributed by atoms with Crippen LogP contribution < -0.4 is 10.5 Å². The molecule has 0 aliphatic carbocycles. The average molecular weight is 232 g/mol. The maximum absolute atomic E-state index is 8.84. The molecule has 4 heteroatoms.